The van der Waals surface area contributed by atoms with E-state index >= 15 is 0 Å². The fourth-order valence-corrected chi connectivity index (χ4v) is 4.56. The second kappa shape index (κ2) is 10.1. The van der Waals surface area contributed by atoms with E-state index in [1.54, 1.807) is 23.5 Å². The van der Waals surface area contributed by atoms with Crippen molar-refractivity contribution in [3.63, 3.8) is 0 Å². The second-order valence-corrected chi connectivity index (χ2v) is 8.44. The van der Waals surface area contributed by atoms with Gasteiger partial charge in [0.25, 0.3) is 0 Å². The fraction of sp³-hybridized carbons (Fsp3) is 0.0476. The highest BCUT2D eigenvalue weighted by Gasteiger charge is 2.06. The Labute approximate surface area is 172 Å². The maximum absolute atomic E-state index is 8.88. The van der Waals surface area contributed by atoms with Crippen molar-refractivity contribution in [1.82, 2.24) is 5.32 Å². The molecule has 0 bridgehead atoms. The van der Waals surface area contributed by atoms with E-state index in [-0.39, 0.29) is 0 Å². The van der Waals surface area contributed by atoms with Crippen LogP contribution in [0.5, 0.6) is 0 Å². The molecule has 3 nitrogen and oxygen atoms in total. The number of nitriles is 1. The Morgan fingerprint density at radius 1 is 0.815 bits per heavy atom. The first-order chi connectivity index (χ1) is 13.3. The van der Waals surface area contributed by atoms with E-state index in [1.165, 1.54) is 21.6 Å². The summed E-state index contributed by atoms with van der Waals surface area (Å²) in [7, 11) is 0. The molecule has 0 radical (unpaired) electrons. The molecule has 3 aromatic carbocycles. The number of rotatable bonds is 5. The molecule has 0 amide bonds. The molecule has 6 heteroatoms. The third kappa shape index (κ3) is 6.10. The predicted octanol–water partition coefficient (Wildman–Crippen LogP) is 6.41. The molecule has 0 fully saturated rings. The number of nitrogens with zero attached hydrogens (tertiary/aromatic N) is 2. The van der Waals surface area contributed by atoms with Crippen LogP contribution in [-0.2, 0) is 0 Å². The Bertz CT molecular complexity index is 892. The van der Waals surface area contributed by atoms with E-state index in [9.17, 15) is 0 Å². The molecule has 134 valence electrons. The summed E-state index contributed by atoms with van der Waals surface area (Å²) in [6.07, 6.45) is 3.83. The molecule has 27 heavy (non-hydrogen) atoms. The van der Waals surface area contributed by atoms with Crippen LogP contribution in [0.4, 0.5) is 5.69 Å². The van der Waals surface area contributed by atoms with Gasteiger partial charge in [-0.15, -0.1) is 0 Å². The van der Waals surface area contributed by atoms with Gasteiger partial charge in [0.2, 0.25) is 0 Å². The van der Waals surface area contributed by atoms with Crippen LogP contribution in [0.2, 0.25) is 0 Å². The number of nitrogens with one attached hydrogen (secondary N) is 1. The van der Waals surface area contributed by atoms with E-state index < -0.39 is 0 Å². The first kappa shape index (κ1) is 19.4. The van der Waals surface area contributed by atoms with Crippen LogP contribution in [0.15, 0.2) is 103 Å². The Morgan fingerprint density at radius 3 is 1.78 bits per heavy atom. The average molecular weight is 408 g/mol. The zero-order valence-electron chi connectivity index (χ0n) is 14.6. The van der Waals surface area contributed by atoms with Gasteiger partial charge in [-0.1, -0.05) is 71.7 Å². The maximum atomic E-state index is 8.88. The number of hydrogen-bond acceptors (Lipinski definition) is 5. The van der Waals surface area contributed by atoms with Crippen molar-refractivity contribution in [2.75, 3.05) is 6.26 Å². The largest absolute Gasteiger partial charge is 0.271 e. The van der Waals surface area contributed by atoms with Crippen LogP contribution < -0.4 is 5.32 Å². The Morgan fingerprint density at radius 2 is 1.33 bits per heavy atom. The molecule has 1 N–H and O–H groups in total. The quantitative estimate of drug-likeness (QED) is 0.229. The second-order valence-electron chi connectivity index (χ2n) is 5.35. The van der Waals surface area contributed by atoms with Crippen molar-refractivity contribution in [3.8, 4) is 6.19 Å². The van der Waals surface area contributed by atoms with Crippen molar-refractivity contribution in [3.05, 3.63) is 78.9 Å². The summed E-state index contributed by atoms with van der Waals surface area (Å²) in [4.78, 5) is 9.16. The van der Waals surface area contributed by atoms with Crippen molar-refractivity contribution < 1.29 is 0 Å². The van der Waals surface area contributed by atoms with E-state index in [2.05, 4.69) is 40.6 Å². The topological polar surface area (TPSA) is 48.2 Å². The summed E-state index contributed by atoms with van der Waals surface area (Å²) in [5.74, 6) is 0. The molecule has 0 aliphatic rings. The molecule has 0 atom stereocenters. The third-order valence-electron chi connectivity index (χ3n) is 3.41. The van der Waals surface area contributed by atoms with Gasteiger partial charge in [0.05, 0.1) is 5.69 Å². The predicted molar refractivity (Wildman–Crippen MR) is 117 cm³/mol. The minimum atomic E-state index is 0.579. The highest BCUT2D eigenvalue weighted by Crippen LogP contribution is 2.37. The monoisotopic (exact) mass is 407 g/mol. The summed E-state index contributed by atoms with van der Waals surface area (Å²) in [5, 5.41) is 12.1. The maximum Gasteiger partial charge on any atom is 0.183 e. The van der Waals surface area contributed by atoms with Gasteiger partial charge in [0, 0.05) is 19.6 Å². The lowest BCUT2D eigenvalue weighted by Crippen LogP contribution is -2.12. The highest BCUT2D eigenvalue weighted by atomic mass is 32.2. The van der Waals surface area contributed by atoms with Gasteiger partial charge in [-0.3, -0.25) is 5.32 Å². The third-order valence-corrected chi connectivity index (χ3v) is 5.95. The van der Waals surface area contributed by atoms with Crippen molar-refractivity contribution >= 4 is 46.1 Å². The summed E-state index contributed by atoms with van der Waals surface area (Å²) >= 11 is 4.81. The summed E-state index contributed by atoms with van der Waals surface area (Å²) in [6, 6.07) is 26.8. The van der Waals surface area contributed by atoms with E-state index in [4.69, 9.17) is 5.26 Å². The Kier molecular flexibility index (Phi) is 7.28. The first-order valence-corrected chi connectivity index (χ1v) is 11.0. The zero-order chi connectivity index (χ0) is 18.9. The van der Waals surface area contributed by atoms with Crippen molar-refractivity contribution in [1.29, 1.82) is 5.26 Å². The summed E-state index contributed by atoms with van der Waals surface area (Å²) < 4.78 is 0. The van der Waals surface area contributed by atoms with Gasteiger partial charge in [-0.25, -0.2) is 4.99 Å². The molecule has 0 saturated heterocycles. The van der Waals surface area contributed by atoms with Crippen molar-refractivity contribution in [2.45, 2.75) is 19.6 Å². The van der Waals surface area contributed by atoms with Crippen LogP contribution in [0.3, 0.4) is 0 Å². The van der Waals surface area contributed by atoms with Crippen molar-refractivity contribution in [2.24, 2.45) is 4.99 Å². The van der Waals surface area contributed by atoms with Crippen LogP contribution >= 0.6 is 35.3 Å². The van der Waals surface area contributed by atoms with Gasteiger partial charge in [-0.05, 0) is 48.7 Å². The lowest BCUT2D eigenvalue weighted by Gasteiger charge is -2.08. The number of thioether (sulfide) groups is 1. The Hall–Kier alpha value is -2.33. The average Bonchev–Trinajstić information content (AvgIpc) is 2.69. The van der Waals surface area contributed by atoms with Crippen LogP contribution in [0.1, 0.15) is 0 Å². The lowest BCUT2D eigenvalue weighted by molar-refractivity contribution is 1.25. The molecular formula is C21H17N3S3. The molecule has 0 aliphatic carbocycles. The molecule has 0 saturated carbocycles. The standard InChI is InChI=1S/C21H17N3S3/c1-25-21(23-15-22)24-16-12-19(26-17-8-4-2-5-9-17)14-20(13-16)27-18-10-6-3-7-11-18/h2-14H,1H3,(H,23,24). The highest BCUT2D eigenvalue weighted by molar-refractivity contribution is 8.13. The normalized spacial score (nSPS) is 11.0. The molecule has 0 aromatic heterocycles. The minimum absolute atomic E-state index is 0.579. The van der Waals surface area contributed by atoms with Gasteiger partial charge >= 0.3 is 0 Å². The molecule has 0 unspecified atom stereocenters. The molecule has 3 rings (SSSR count). The molecule has 0 spiro atoms. The minimum Gasteiger partial charge on any atom is -0.271 e. The summed E-state index contributed by atoms with van der Waals surface area (Å²) in [5.41, 5.74) is 0.821. The fourth-order valence-electron chi connectivity index (χ4n) is 2.28. The van der Waals surface area contributed by atoms with Gasteiger partial charge in [-0.2, -0.15) is 5.26 Å². The van der Waals surface area contributed by atoms with Crippen LogP contribution in [0, 0.1) is 11.5 Å². The van der Waals surface area contributed by atoms with E-state index in [1.807, 2.05) is 61.0 Å². The summed E-state index contributed by atoms with van der Waals surface area (Å²) in [6.45, 7) is 0. The Balaban J connectivity index is 1.95. The molecular weight excluding hydrogens is 390 g/mol. The molecule has 0 aliphatic heterocycles. The van der Waals surface area contributed by atoms with Crippen LogP contribution in [-0.4, -0.2) is 11.4 Å². The smallest absolute Gasteiger partial charge is 0.183 e. The number of hydrogen-bond donors (Lipinski definition) is 1. The van der Waals surface area contributed by atoms with Gasteiger partial charge < -0.3 is 0 Å². The van der Waals surface area contributed by atoms with Gasteiger partial charge in [0.15, 0.2) is 11.4 Å². The number of benzene rings is 3. The van der Waals surface area contributed by atoms with E-state index in [0.717, 1.165) is 15.5 Å². The number of amidine groups is 1. The molecule has 0 heterocycles. The SMILES string of the molecule is CSC(=Nc1cc(Sc2ccccc2)cc(Sc2ccccc2)c1)NC#N. The van der Waals surface area contributed by atoms with Crippen LogP contribution in [0.25, 0.3) is 0 Å². The molecule has 3 aromatic rings. The lowest BCUT2D eigenvalue weighted by atomic mass is 10.3. The number of aliphatic imine (C=N–C) groups is 1. The first-order valence-electron chi connectivity index (χ1n) is 8.15. The zero-order valence-corrected chi connectivity index (χ0v) is 17.1. The van der Waals surface area contributed by atoms with Gasteiger partial charge in [0.1, 0.15) is 0 Å². The van der Waals surface area contributed by atoms with E-state index in [0.29, 0.717) is 5.17 Å².